The average Bonchev–Trinajstić information content (AvgIpc) is 3.59. The Kier molecular flexibility index (Phi) is 7.54. The highest BCUT2D eigenvalue weighted by Crippen LogP contribution is 2.42. The molecule has 5 nitrogen and oxygen atoms in total. The Labute approximate surface area is 306 Å². The van der Waals surface area contributed by atoms with Crippen LogP contribution in [-0.2, 0) is 0 Å². The van der Waals surface area contributed by atoms with Crippen LogP contribution in [0, 0.1) is 0 Å². The number of aromatic nitrogens is 4. The van der Waals surface area contributed by atoms with Crippen molar-refractivity contribution in [2.75, 3.05) is 0 Å². The molecule has 5 heteroatoms. The standard InChI is InChI=1S/C48H32N4O/c1-3-14-31(15-4-1)32-16-7-8-19-34(26-25-32)47-50-46(33-17-5-2-6-18-33)51-48(52-47)42-30-36(29-41-38-22-11-12-24-43(38)53-45(41)42)40-28-35-20-13-27-49-44(35)39-23-10-9-21-37(39)40/h1-7,9-18,20-30H,8,19H2/b16-7-,32-25+,34-26+. The lowest BCUT2D eigenvalue weighted by Crippen LogP contribution is -2.04. The van der Waals surface area contributed by atoms with Gasteiger partial charge >= 0.3 is 0 Å². The van der Waals surface area contributed by atoms with Crippen molar-refractivity contribution in [3.63, 3.8) is 0 Å². The molecule has 0 aliphatic heterocycles. The van der Waals surface area contributed by atoms with Crippen LogP contribution in [0.2, 0.25) is 0 Å². The lowest BCUT2D eigenvalue weighted by molar-refractivity contribution is 0.669. The summed E-state index contributed by atoms with van der Waals surface area (Å²) < 4.78 is 6.67. The molecule has 10 rings (SSSR count). The van der Waals surface area contributed by atoms with E-state index in [2.05, 4.69) is 109 Å². The highest BCUT2D eigenvalue weighted by atomic mass is 16.3. The van der Waals surface area contributed by atoms with E-state index in [-0.39, 0.29) is 0 Å². The van der Waals surface area contributed by atoms with Crippen molar-refractivity contribution < 1.29 is 4.42 Å². The van der Waals surface area contributed by atoms with Gasteiger partial charge < -0.3 is 4.42 Å². The molecule has 1 aliphatic carbocycles. The summed E-state index contributed by atoms with van der Waals surface area (Å²) in [5.74, 6) is 1.84. The first-order valence-corrected chi connectivity index (χ1v) is 17.9. The molecule has 1 aliphatic rings. The van der Waals surface area contributed by atoms with Gasteiger partial charge in [-0.05, 0) is 76.4 Å². The molecule has 0 radical (unpaired) electrons. The zero-order valence-corrected chi connectivity index (χ0v) is 28.8. The minimum Gasteiger partial charge on any atom is -0.455 e. The van der Waals surface area contributed by atoms with Crippen LogP contribution in [0.25, 0.3) is 88.7 Å². The van der Waals surface area contributed by atoms with Gasteiger partial charge in [0, 0.05) is 33.3 Å². The van der Waals surface area contributed by atoms with Crippen LogP contribution in [0.5, 0.6) is 0 Å². The number of pyridine rings is 1. The van der Waals surface area contributed by atoms with Gasteiger partial charge in [-0.3, -0.25) is 4.98 Å². The van der Waals surface area contributed by atoms with E-state index in [4.69, 9.17) is 24.4 Å². The minimum absolute atomic E-state index is 0.567. The first-order valence-electron chi connectivity index (χ1n) is 17.9. The molecule has 0 atom stereocenters. The number of fused-ring (bicyclic) bond motifs is 6. The summed E-state index contributed by atoms with van der Waals surface area (Å²) in [6.45, 7) is 0. The zero-order valence-electron chi connectivity index (χ0n) is 28.8. The smallest absolute Gasteiger partial charge is 0.167 e. The summed E-state index contributed by atoms with van der Waals surface area (Å²) in [7, 11) is 0. The van der Waals surface area contributed by atoms with Crippen LogP contribution in [0.15, 0.2) is 174 Å². The molecule has 0 amide bonds. The van der Waals surface area contributed by atoms with Gasteiger partial charge in [-0.25, -0.2) is 15.0 Å². The Balaban J connectivity index is 1.24. The van der Waals surface area contributed by atoms with E-state index in [1.165, 1.54) is 5.56 Å². The molecule has 3 aromatic heterocycles. The molecule has 250 valence electrons. The molecule has 0 saturated carbocycles. The number of rotatable bonds is 5. The van der Waals surface area contributed by atoms with Crippen molar-refractivity contribution >= 4 is 54.8 Å². The van der Waals surface area contributed by atoms with Gasteiger partial charge in [0.1, 0.15) is 11.2 Å². The summed E-state index contributed by atoms with van der Waals surface area (Å²) in [6, 6.07) is 48.1. The maximum atomic E-state index is 6.67. The maximum Gasteiger partial charge on any atom is 0.167 e. The molecule has 0 saturated heterocycles. The number of para-hydroxylation sites is 1. The topological polar surface area (TPSA) is 64.7 Å². The fourth-order valence-electron chi connectivity index (χ4n) is 7.45. The maximum absolute atomic E-state index is 6.67. The zero-order chi connectivity index (χ0) is 35.1. The highest BCUT2D eigenvalue weighted by Gasteiger charge is 2.21. The Morgan fingerprint density at radius 1 is 0.509 bits per heavy atom. The van der Waals surface area contributed by atoms with E-state index in [0.29, 0.717) is 17.5 Å². The molecule has 6 aromatic carbocycles. The van der Waals surface area contributed by atoms with Gasteiger partial charge in [0.15, 0.2) is 17.5 Å². The Morgan fingerprint density at radius 3 is 2.08 bits per heavy atom. The lowest BCUT2D eigenvalue weighted by Gasteiger charge is -2.14. The van der Waals surface area contributed by atoms with Crippen LogP contribution in [0.1, 0.15) is 24.2 Å². The second-order valence-electron chi connectivity index (χ2n) is 13.3. The van der Waals surface area contributed by atoms with Crippen LogP contribution < -0.4 is 0 Å². The SMILES string of the molecule is C1=C/C(c2ccccc2)=C\C=C(\c2nc(-c3ccccc3)nc(-c3cc(-c4cc5cccnc5c5ccccc45)cc4c3oc3ccccc34)n2)CC\1. The number of nitrogens with zero attached hydrogens (tertiary/aromatic N) is 4. The van der Waals surface area contributed by atoms with Gasteiger partial charge in [0.05, 0.1) is 11.1 Å². The number of allylic oxidation sites excluding steroid dienone is 6. The molecule has 0 bridgehead atoms. The van der Waals surface area contributed by atoms with Gasteiger partial charge in [0.25, 0.3) is 0 Å². The molecule has 9 aromatic rings. The first kappa shape index (κ1) is 30.8. The monoisotopic (exact) mass is 680 g/mol. The average molecular weight is 681 g/mol. The minimum atomic E-state index is 0.567. The largest absolute Gasteiger partial charge is 0.455 e. The molecular weight excluding hydrogens is 649 g/mol. The summed E-state index contributed by atoms with van der Waals surface area (Å²) in [4.78, 5) is 20.4. The van der Waals surface area contributed by atoms with E-state index >= 15 is 0 Å². The molecule has 3 heterocycles. The van der Waals surface area contributed by atoms with Crippen LogP contribution >= 0.6 is 0 Å². The summed E-state index contributed by atoms with van der Waals surface area (Å²) in [6.07, 6.45) is 12.3. The van der Waals surface area contributed by atoms with Crippen LogP contribution in [0.4, 0.5) is 0 Å². The van der Waals surface area contributed by atoms with E-state index < -0.39 is 0 Å². The van der Waals surface area contributed by atoms with Crippen molar-refractivity contribution in [1.82, 2.24) is 19.9 Å². The molecule has 0 spiro atoms. The Hall–Kier alpha value is -6.98. The van der Waals surface area contributed by atoms with Crippen molar-refractivity contribution in [1.29, 1.82) is 0 Å². The third-order valence-corrected chi connectivity index (χ3v) is 10.0. The predicted octanol–water partition coefficient (Wildman–Crippen LogP) is 12.3. The second kappa shape index (κ2) is 13.0. The number of benzene rings is 6. The number of hydrogen-bond donors (Lipinski definition) is 0. The molecule has 0 unspecified atom stereocenters. The quantitative estimate of drug-likeness (QED) is 0.169. The first-order chi connectivity index (χ1) is 26.3. The molecule has 0 N–H and O–H groups in total. The van der Waals surface area contributed by atoms with Crippen LogP contribution in [0.3, 0.4) is 0 Å². The third kappa shape index (κ3) is 5.60. The molecule has 0 fully saturated rings. The normalized spacial score (nSPS) is 15.8. The third-order valence-electron chi connectivity index (χ3n) is 10.0. The van der Waals surface area contributed by atoms with Gasteiger partial charge in [-0.15, -0.1) is 0 Å². The summed E-state index contributed by atoms with van der Waals surface area (Å²) in [5, 5.41) is 5.38. The predicted molar refractivity (Wildman–Crippen MR) is 217 cm³/mol. The fraction of sp³-hybridized carbons (Fsp3) is 0.0417. The highest BCUT2D eigenvalue weighted by molar-refractivity contribution is 6.15. The van der Waals surface area contributed by atoms with Crippen molar-refractivity contribution in [2.45, 2.75) is 12.8 Å². The van der Waals surface area contributed by atoms with Crippen LogP contribution in [-0.4, -0.2) is 19.9 Å². The van der Waals surface area contributed by atoms with Gasteiger partial charge in [0.2, 0.25) is 0 Å². The summed E-state index contributed by atoms with van der Waals surface area (Å²) >= 11 is 0. The Morgan fingerprint density at radius 2 is 1.23 bits per heavy atom. The van der Waals surface area contributed by atoms with E-state index in [9.17, 15) is 0 Å². The summed E-state index contributed by atoms with van der Waals surface area (Å²) in [5.41, 5.74) is 9.83. The van der Waals surface area contributed by atoms with Gasteiger partial charge in [-0.1, -0.05) is 133 Å². The van der Waals surface area contributed by atoms with Crippen molar-refractivity contribution in [2.24, 2.45) is 0 Å². The molecular formula is C48H32N4O. The van der Waals surface area contributed by atoms with Crippen molar-refractivity contribution in [3.05, 3.63) is 181 Å². The lowest BCUT2D eigenvalue weighted by atomic mass is 9.93. The van der Waals surface area contributed by atoms with E-state index in [1.54, 1.807) is 0 Å². The van der Waals surface area contributed by atoms with Gasteiger partial charge in [-0.2, -0.15) is 0 Å². The second-order valence-corrected chi connectivity index (χ2v) is 13.3. The number of hydrogen-bond acceptors (Lipinski definition) is 5. The van der Waals surface area contributed by atoms with E-state index in [1.807, 2.05) is 60.8 Å². The number of furan rings is 1. The fourth-order valence-corrected chi connectivity index (χ4v) is 7.45. The van der Waals surface area contributed by atoms with E-state index in [0.717, 1.165) is 89.9 Å². The van der Waals surface area contributed by atoms with Crippen molar-refractivity contribution in [3.8, 4) is 33.9 Å². The Bertz CT molecular complexity index is 2940. The molecule has 53 heavy (non-hydrogen) atoms.